The van der Waals surface area contributed by atoms with Gasteiger partial charge in [-0.25, -0.2) is 4.79 Å². The minimum atomic E-state index is -4.62. The Morgan fingerprint density at radius 2 is 1.88 bits per heavy atom. The third-order valence-corrected chi connectivity index (χ3v) is 8.04. The number of hydrogen-bond donors (Lipinski definition) is 0. The van der Waals surface area contributed by atoms with E-state index in [-0.39, 0.29) is 17.4 Å². The lowest BCUT2D eigenvalue weighted by Crippen LogP contribution is -2.34. The summed E-state index contributed by atoms with van der Waals surface area (Å²) in [6, 6.07) is 8.39. The summed E-state index contributed by atoms with van der Waals surface area (Å²) >= 11 is 0. The smallest absolute Gasteiger partial charge is 0.384 e. The summed E-state index contributed by atoms with van der Waals surface area (Å²) in [5.41, 5.74) is 0.135. The van der Waals surface area contributed by atoms with Gasteiger partial charge in [0.1, 0.15) is 12.2 Å². The second-order valence-electron chi connectivity index (χ2n) is 11.3. The molecule has 0 radical (unpaired) electrons. The quantitative estimate of drug-likeness (QED) is 0.272. The van der Waals surface area contributed by atoms with E-state index < -0.39 is 17.4 Å². The molecule has 5 rings (SSSR count). The lowest BCUT2D eigenvalue weighted by atomic mass is 9.85. The first-order valence-corrected chi connectivity index (χ1v) is 14.1. The van der Waals surface area contributed by atoms with E-state index in [1.54, 1.807) is 38.9 Å². The molecule has 1 saturated heterocycles. The predicted molar refractivity (Wildman–Crippen MR) is 152 cm³/mol. The highest BCUT2D eigenvalue weighted by atomic mass is 19.4. The Bertz CT molecular complexity index is 1570. The van der Waals surface area contributed by atoms with Crippen molar-refractivity contribution in [1.82, 2.24) is 28.6 Å². The molecule has 1 unspecified atom stereocenters. The van der Waals surface area contributed by atoms with Gasteiger partial charge in [-0.15, -0.1) is 10.2 Å². The molecule has 4 heterocycles. The molecule has 0 saturated carbocycles. The number of rotatable bonds is 10. The van der Waals surface area contributed by atoms with Crippen molar-refractivity contribution in [2.24, 2.45) is 18.9 Å². The number of ether oxygens (including phenoxy) is 2. The van der Waals surface area contributed by atoms with Crippen LogP contribution in [-0.4, -0.2) is 69.2 Å². The molecule has 3 aromatic heterocycles. The summed E-state index contributed by atoms with van der Waals surface area (Å²) in [5.74, 6) is 0.712. The second kappa shape index (κ2) is 12.4. The van der Waals surface area contributed by atoms with Crippen LogP contribution in [0.5, 0.6) is 0 Å². The lowest BCUT2D eigenvalue weighted by molar-refractivity contribution is -0.136. The average molecular weight is 587 g/mol. The third kappa shape index (κ3) is 6.16. The molecule has 0 spiro atoms. The third-order valence-electron chi connectivity index (χ3n) is 8.04. The van der Waals surface area contributed by atoms with Gasteiger partial charge in [0.2, 0.25) is 0 Å². The number of aromatic nitrogens is 5. The number of hydrogen-bond acceptors (Lipinski definition) is 6. The Balaban J connectivity index is 1.60. The zero-order chi connectivity index (χ0) is 30.0. The second-order valence-corrected chi connectivity index (χ2v) is 11.3. The fourth-order valence-electron chi connectivity index (χ4n) is 6.17. The lowest BCUT2D eigenvalue weighted by Gasteiger charge is -2.31. The van der Waals surface area contributed by atoms with Gasteiger partial charge in [-0.3, -0.25) is 13.9 Å². The topological polar surface area (TPSA) is 78.8 Å². The molecule has 0 amide bonds. The summed E-state index contributed by atoms with van der Waals surface area (Å²) in [4.78, 5) is 15.8. The number of pyridine rings is 1. The zero-order valence-electron chi connectivity index (χ0n) is 24.3. The number of aryl methyl sites for hydroxylation is 1. The van der Waals surface area contributed by atoms with E-state index in [1.807, 2.05) is 23.7 Å². The van der Waals surface area contributed by atoms with Gasteiger partial charge in [0, 0.05) is 52.7 Å². The highest BCUT2D eigenvalue weighted by molar-refractivity contribution is 5.58. The van der Waals surface area contributed by atoms with Crippen molar-refractivity contribution < 1.29 is 22.6 Å². The minimum absolute atomic E-state index is 0.139. The predicted octanol–water partition coefficient (Wildman–Crippen LogP) is 4.51. The Morgan fingerprint density at radius 3 is 2.52 bits per heavy atom. The van der Waals surface area contributed by atoms with Gasteiger partial charge in [0.15, 0.2) is 0 Å². The summed E-state index contributed by atoms with van der Waals surface area (Å²) in [5, 5.41) is 8.38. The SMILES string of the molecule is COCC(COC)C(c1cccc(-n2cc3c(C(F)(F)F)cc(CN4CCC[C@H](C)C4)cn3c2=O)c1)c1nncn1C. The average Bonchev–Trinajstić information content (AvgIpc) is 3.51. The molecular formula is C30H37F3N6O3. The van der Waals surface area contributed by atoms with Crippen LogP contribution in [0.2, 0.25) is 0 Å². The van der Waals surface area contributed by atoms with E-state index >= 15 is 0 Å². The van der Waals surface area contributed by atoms with Crippen molar-refractivity contribution in [2.45, 2.75) is 38.4 Å². The Hall–Kier alpha value is -3.48. The molecule has 9 nitrogen and oxygen atoms in total. The standard InChI is InChI=1S/C30H37F3N6O3/c1-20-7-6-10-37(13-20)14-21-11-25(30(31,32)33)26-16-38(29(40)39(26)15-21)24-9-5-8-22(12-24)27(23(17-41-3)18-42-4)28-35-34-19-36(28)2/h5,8-9,11-12,15-16,19-20,23,27H,6-7,10,13-14,17-18H2,1-4H3/t20-,27?/m0/s1. The molecule has 1 aromatic carbocycles. The molecule has 4 aromatic rings. The Kier molecular flexibility index (Phi) is 8.86. The summed E-state index contributed by atoms with van der Waals surface area (Å²) in [6.45, 7) is 4.90. The van der Waals surface area contributed by atoms with Crippen LogP contribution in [0.3, 0.4) is 0 Å². The minimum Gasteiger partial charge on any atom is -0.384 e. The van der Waals surface area contributed by atoms with Gasteiger partial charge in [0.25, 0.3) is 0 Å². The summed E-state index contributed by atoms with van der Waals surface area (Å²) < 4.78 is 58.1. The molecule has 42 heavy (non-hydrogen) atoms. The van der Waals surface area contributed by atoms with Crippen molar-refractivity contribution in [3.05, 3.63) is 82.1 Å². The first kappa shape index (κ1) is 30.0. The Morgan fingerprint density at radius 1 is 1.12 bits per heavy atom. The molecule has 1 aliphatic heterocycles. The normalized spacial score (nSPS) is 17.4. The molecular weight excluding hydrogens is 549 g/mol. The first-order valence-electron chi connectivity index (χ1n) is 14.1. The van der Waals surface area contributed by atoms with Crippen LogP contribution in [0.4, 0.5) is 13.2 Å². The van der Waals surface area contributed by atoms with Crippen LogP contribution in [0, 0.1) is 11.8 Å². The van der Waals surface area contributed by atoms with E-state index in [0.717, 1.165) is 35.9 Å². The number of benzene rings is 1. The number of methoxy groups -OCH3 is 2. The van der Waals surface area contributed by atoms with Crippen LogP contribution in [0.1, 0.15) is 48.2 Å². The van der Waals surface area contributed by atoms with Gasteiger partial charge in [-0.1, -0.05) is 19.1 Å². The van der Waals surface area contributed by atoms with E-state index in [4.69, 9.17) is 9.47 Å². The highest BCUT2D eigenvalue weighted by Crippen LogP contribution is 2.35. The number of alkyl halides is 3. The number of piperidine rings is 1. The van der Waals surface area contributed by atoms with E-state index in [1.165, 1.54) is 16.8 Å². The Labute approximate surface area is 242 Å². The number of imidazole rings is 1. The van der Waals surface area contributed by atoms with E-state index in [9.17, 15) is 18.0 Å². The molecule has 12 heteroatoms. The van der Waals surface area contributed by atoms with Crippen molar-refractivity contribution >= 4 is 5.52 Å². The molecule has 2 atom stereocenters. The van der Waals surface area contributed by atoms with Gasteiger partial charge in [0.05, 0.1) is 35.9 Å². The van der Waals surface area contributed by atoms with Gasteiger partial charge < -0.3 is 14.0 Å². The van der Waals surface area contributed by atoms with Gasteiger partial charge >= 0.3 is 11.9 Å². The highest BCUT2D eigenvalue weighted by Gasteiger charge is 2.35. The maximum absolute atomic E-state index is 14.3. The molecule has 1 aliphatic rings. The maximum Gasteiger partial charge on any atom is 0.418 e. The maximum atomic E-state index is 14.3. The van der Waals surface area contributed by atoms with Crippen molar-refractivity contribution in [3.63, 3.8) is 0 Å². The fraction of sp³-hybridized carbons (Fsp3) is 0.500. The van der Waals surface area contributed by atoms with Crippen LogP contribution in [-0.2, 0) is 29.2 Å². The molecule has 226 valence electrons. The van der Waals surface area contributed by atoms with Crippen molar-refractivity contribution in [1.29, 1.82) is 0 Å². The van der Waals surface area contributed by atoms with Crippen molar-refractivity contribution in [2.75, 3.05) is 40.5 Å². The van der Waals surface area contributed by atoms with Gasteiger partial charge in [-0.05, 0) is 54.6 Å². The molecule has 0 bridgehead atoms. The van der Waals surface area contributed by atoms with Crippen LogP contribution in [0.15, 0.2) is 53.8 Å². The molecule has 1 fully saturated rings. The monoisotopic (exact) mass is 586 g/mol. The number of nitrogens with zero attached hydrogens (tertiary/aromatic N) is 6. The molecule has 0 N–H and O–H groups in total. The van der Waals surface area contributed by atoms with Crippen LogP contribution >= 0.6 is 0 Å². The van der Waals surface area contributed by atoms with Gasteiger partial charge in [-0.2, -0.15) is 13.2 Å². The zero-order valence-corrected chi connectivity index (χ0v) is 24.3. The largest absolute Gasteiger partial charge is 0.418 e. The first-order chi connectivity index (χ1) is 20.1. The van der Waals surface area contributed by atoms with Crippen LogP contribution in [0.25, 0.3) is 11.2 Å². The van der Waals surface area contributed by atoms with E-state index in [0.29, 0.717) is 42.8 Å². The van der Waals surface area contributed by atoms with Crippen LogP contribution < -0.4 is 5.69 Å². The van der Waals surface area contributed by atoms with Crippen molar-refractivity contribution in [3.8, 4) is 5.69 Å². The number of halogens is 3. The summed E-state index contributed by atoms with van der Waals surface area (Å²) in [7, 11) is 5.06. The summed E-state index contributed by atoms with van der Waals surface area (Å²) in [6.07, 6.45) is 1.92. The van der Waals surface area contributed by atoms with E-state index in [2.05, 4.69) is 22.0 Å². The number of likely N-dealkylation sites (tertiary alicyclic amines) is 1. The fourth-order valence-corrected chi connectivity index (χ4v) is 6.17. The number of fused-ring (bicyclic) bond motifs is 1. The molecule has 0 aliphatic carbocycles.